The number of hydrogen-bond donors (Lipinski definition) is 3. The van der Waals surface area contributed by atoms with Crippen LogP contribution in [0.3, 0.4) is 0 Å². The Kier molecular flexibility index (Phi) is 8.64. The van der Waals surface area contributed by atoms with Crippen LogP contribution in [-0.4, -0.2) is 93.2 Å². The summed E-state index contributed by atoms with van der Waals surface area (Å²) in [4.78, 5) is 70.8. The number of hydrogen-bond acceptors (Lipinski definition) is 8. The average molecular weight is 571 g/mol. The third-order valence-corrected chi connectivity index (χ3v) is 7.72. The van der Waals surface area contributed by atoms with Crippen molar-refractivity contribution in [1.29, 1.82) is 0 Å². The quantitative estimate of drug-likeness (QED) is 0.382. The van der Waals surface area contributed by atoms with E-state index in [9.17, 15) is 34.2 Å². The third kappa shape index (κ3) is 5.88. The number of nitrogens with two attached hydrogens (primary N) is 1. The van der Waals surface area contributed by atoms with Crippen LogP contribution >= 0.6 is 0 Å². The number of rotatable bonds is 10. The molecule has 1 aromatic heterocycles. The Morgan fingerprint density at radius 1 is 1.05 bits per heavy atom. The van der Waals surface area contributed by atoms with E-state index in [2.05, 4.69) is 4.98 Å². The summed E-state index contributed by atoms with van der Waals surface area (Å²) in [5, 5.41) is 20.0. The molecular formula is C28H34N4O9. The maximum Gasteiger partial charge on any atom is 0.409 e. The van der Waals surface area contributed by atoms with Crippen molar-refractivity contribution in [1.82, 2.24) is 14.8 Å². The number of carbonyl (C=O) groups excluding carboxylic acids is 3. The van der Waals surface area contributed by atoms with Crippen molar-refractivity contribution in [3.63, 3.8) is 0 Å². The Labute approximate surface area is 236 Å². The van der Waals surface area contributed by atoms with Crippen molar-refractivity contribution in [2.75, 3.05) is 32.8 Å². The predicted molar refractivity (Wildman–Crippen MR) is 144 cm³/mol. The molecule has 3 amide bonds. The summed E-state index contributed by atoms with van der Waals surface area (Å²) in [5.74, 6) is -6.11. The molecule has 1 aromatic carbocycles. The molecule has 0 spiro atoms. The molecule has 2 fully saturated rings. The van der Waals surface area contributed by atoms with E-state index in [-0.39, 0.29) is 69.1 Å². The standard InChI is InChI=1S/C28H34N4O9/c1-3-40-27(39)32-13-11-31(12-14-32)24(34)18(15-16(2)25(35)36)21-20(23(29)33)22(17-7-4-5-8-19(17)30-21)41-28(26(37)38)9-6-10-28/h4-5,7-8,16,18H,3,6,9-15H2,1-2H3,(H2,29,33)(H,35,36)(H,37,38). The molecule has 0 radical (unpaired) electrons. The van der Waals surface area contributed by atoms with Crippen LogP contribution < -0.4 is 10.5 Å². The van der Waals surface area contributed by atoms with Gasteiger partial charge in [-0.25, -0.2) is 9.59 Å². The summed E-state index contributed by atoms with van der Waals surface area (Å²) >= 11 is 0. The zero-order chi connectivity index (χ0) is 29.9. The van der Waals surface area contributed by atoms with Gasteiger partial charge in [0.2, 0.25) is 11.5 Å². The Hall–Kier alpha value is -4.42. The topological polar surface area (TPSA) is 190 Å². The summed E-state index contributed by atoms with van der Waals surface area (Å²) in [7, 11) is 0. The van der Waals surface area contributed by atoms with Crippen molar-refractivity contribution in [3.8, 4) is 5.75 Å². The third-order valence-electron chi connectivity index (χ3n) is 7.72. The van der Waals surface area contributed by atoms with Crippen LogP contribution in [0.4, 0.5) is 4.79 Å². The van der Waals surface area contributed by atoms with Crippen molar-refractivity contribution in [2.24, 2.45) is 11.7 Å². The Morgan fingerprint density at radius 2 is 1.68 bits per heavy atom. The Bertz CT molecular complexity index is 1370. The van der Waals surface area contributed by atoms with Gasteiger partial charge in [-0.3, -0.25) is 19.4 Å². The first kappa shape index (κ1) is 29.6. The van der Waals surface area contributed by atoms with Gasteiger partial charge in [-0.15, -0.1) is 0 Å². The van der Waals surface area contributed by atoms with Gasteiger partial charge in [0.15, 0.2) is 0 Å². The van der Waals surface area contributed by atoms with E-state index in [1.807, 2.05) is 0 Å². The van der Waals surface area contributed by atoms with E-state index in [4.69, 9.17) is 15.2 Å². The van der Waals surface area contributed by atoms with Gasteiger partial charge in [-0.1, -0.05) is 19.1 Å². The minimum absolute atomic E-state index is 0.0722. The fraction of sp³-hybridized carbons (Fsp3) is 0.500. The molecule has 1 aliphatic carbocycles. The first-order chi connectivity index (χ1) is 19.5. The molecule has 1 saturated carbocycles. The van der Waals surface area contributed by atoms with Gasteiger partial charge in [-0.2, -0.15) is 0 Å². The number of aliphatic carboxylic acids is 2. The van der Waals surface area contributed by atoms with Crippen molar-refractivity contribution in [3.05, 3.63) is 35.5 Å². The number of carboxylic acids is 2. The van der Waals surface area contributed by atoms with Crippen LogP contribution in [0.2, 0.25) is 0 Å². The highest BCUT2D eigenvalue weighted by atomic mass is 16.6. The number of piperazine rings is 1. The number of amides is 3. The molecule has 2 aliphatic rings. The summed E-state index contributed by atoms with van der Waals surface area (Å²) in [6, 6.07) is 6.61. The zero-order valence-corrected chi connectivity index (χ0v) is 23.0. The molecule has 13 nitrogen and oxygen atoms in total. The smallest absolute Gasteiger partial charge is 0.409 e. The van der Waals surface area contributed by atoms with Crippen molar-refractivity contribution >= 4 is 40.7 Å². The molecule has 1 aliphatic heterocycles. The average Bonchev–Trinajstić information content (AvgIpc) is 2.92. The van der Waals surface area contributed by atoms with Gasteiger partial charge in [0, 0.05) is 31.6 Å². The number of primary amides is 1. The monoisotopic (exact) mass is 570 g/mol. The summed E-state index contributed by atoms with van der Waals surface area (Å²) in [5.41, 5.74) is 4.28. The predicted octanol–water partition coefficient (Wildman–Crippen LogP) is 2.21. The van der Waals surface area contributed by atoms with Crippen LogP contribution in [0.25, 0.3) is 10.9 Å². The minimum Gasteiger partial charge on any atom is -0.481 e. The van der Waals surface area contributed by atoms with Gasteiger partial charge < -0.3 is 35.2 Å². The lowest BCUT2D eigenvalue weighted by molar-refractivity contribution is -0.163. The van der Waals surface area contributed by atoms with E-state index < -0.39 is 47.3 Å². The number of carboxylic acid groups (broad SMARTS) is 2. The summed E-state index contributed by atoms with van der Waals surface area (Å²) < 4.78 is 11.1. The second-order valence-corrected chi connectivity index (χ2v) is 10.4. The molecule has 1 saturated heterocycles. The van der Waals surface area contributed by atoms with Gasteiger partial charge in [0.05, 0.1) is 29.7 Å². The number of pyridine rings is 1. The van der Waals surface area contributed by atoms with Crippen LogP contribution in [0.5, 0.6) is 5.75 Å². The lowest BCUT2D eigenvalue weighted by Gasteiger charge is -2.39. The molecule has 0 bridgehead atoms. The van der Waals surface area contributed by atoms with Crippen molar-refractivity contribution in [2.45, 2.75) is 51.0 Å². The first-order valence-electron chi connectivity index (χ1n) is 13.6. The van der Waals surface area contributed by atoms with E-state index in [0.29, 0.717) is 17.3 Å². The van der Waals surface area contributed by atoms with Gasteiger partial charge in [-0.05, 0) is 44.7 Å². The highest BCUT2D eigenvalue weighted by Crippen LogP contribution is 2.43. The fourth-order valence-corrected chi connectivity index (χ4v) is 5.18. The number of fused-ring (bicyclic) bond motifs is 1. The molecule has 2 heterocycles. The van der Waals surface area contributed by atoms with E-state index in [0.717, 1.165) is 0 Å². The zero-order valence-electron chi connectivity index (χ0n) is 23.0. The fourth-order valence-electron chi connectivity index (χ4n) is 5.18. The van der Waals surface area contributed by atoms with E-state index in [1.165, 1.54) is 16.7 Å². The molecule has 2 aromatic rings. The molecule has 2 atom stereocenters. The minimum atomic E-state index is -1.57. The molecule has 2 unspecified atom stereocenters. The van der Waals surface area contributed by atoms with Crippen LogP contribution in [0, 0.1) is 5.92 Å². The lowest BCUT2D eigenvalue weighted by atomic mass is 9.79. The summed E-state index contributed by atoms with van der Waals surface area (Å²) in [6.45, 7) is 4.06. The molecule has 4 N–H and O–H groups in total. The SMILES string of the molecule is CCOC(=O)N1CCN(C(=O)C(CC(C)C(=O)O)c2nc3ccccc3c(OC3(C(=O)O)CCC3)c2C(N)=O)CC1. The Morgan fingerprint density at radius 3 is 2.22 bits per heavy atom. The number of benzene rings is 1. The van der Waals surface area contributed by atoms with Crippen LogP contribution in [0.15, 0.2) is 24.3 Å². The van der Waals surface area contributed by atoms with Crippen LogP contribution in [-0.2, 0) is 19.1 Å². The van der Waals surface area contributed by atoms with Gasteiger partial charge >= 0.3 is 18.0 Å². The molecular weight excluding hydrogens is 536 g/mol. The highest BCUT2D eigenvalue weighted by Gasteiger charge is 2.48. The second-order valence-electron chi connectivity index (χ2n) is 10.4. The molecule has 13 heteroatoms. The number of ether oxygens (including phenoxy) is 2. The maximum absolute atomic E-state index is 14.0. The highest BCUT2D eigenvalue weighted by molar-refractivity contribution is 6.05. The van der Waals surface area contributed by atoms with Crippen molar-refractivity contribution < 1.29 is 43.7 Å². The second kappa shape index (κ2) is 12.0. The maximum atomic E-state index is 14.0. The number of carbonyl (C=O) groups is 5. The number of para-hydroxylation sites is 1. The van der Waals surface area contributed by atoms with E-state index in [1.54, 1.807) is 31.2 Å². The molecule has 41 heavy (non-hydrogen) atoms. The Balaban J connectivity index is 1.81. The normalized spacial score (nSPS) is 17.7. The van der Waals surface area contributed by atoms with Gasteiger partial charge in [0.1, 0.15) is 11.3 Å². The largest absolute Gasteiger partial charge is 0.481 e. The van der Waals surface area contributed by atoms with Crippen LogP contribution in [0.1, 0.15) is 61.5 Å². The molecule has 4 rings (SSSR count). The summed E-state index contributed by atoms with van der Waals surface area (Å²) in [6.07, 6.45) is 0.350. The number of nitrogens with zero attached hydrogens (tertiary/aromatic N) is 3. The van der Waals surface area contributed by atoms with Gasteiger partial charge in [0.25, 0.3) is 5.91 Å². The molecule has 220 valence electrons. The first-order valence-corrected chi connectivity index (χ1v) is 13.6. The lowest BCUT2D eigenvalue weighted by Crippen LogP contribution is -2.52. The van der Waals surface area contributed by atoms with E-state index >= 15 is 0 Å². The number of aromatic nitrogens is 1.